The van der Waals surface area contributed by atoms with Gasteiger partial charge in [-0.3, -0.25) is 10.1 Å². The summed E-state index contributed by atoms with van der Waals surface area (Å²) in [4.78, 5) is 16.0. The highest BCUT2D eigenvalue weighted by Crippen LogP contribution is 2.35. The lowest BCUT2D eigenvalue weighted by Gasteiger charge is -2.28. The van der Waals surface area contributed by atoms with Crippen molar-refractivity contribution in [3.05, 3.63) is 48.4 Å². The quantitative estimate of drug-likeness (QED) is 0.505. The molecule has 5 rings (SSSR count). The fourth-order valence-corrected chi connectivity index (χ4v) is 4.90. The van der Waals surface area contributed by atoms with Crippen LogP contribution in [-0.4, -0.2) is 66.1 Å². The van der Waals surface area contributed by atoms with Gasteiger partial charge in [-0.05, 0) is 42.3 Å². The summed E-state index contributed by atoms with van der Waals surface area (Å²) in [7, 11) is -3.40. The number of hydrogen-bond acceptors (Lipinski definition) is 8. The van der Waals surface area contributed by atoms with Crippen molar-refractivity contribution in [2.75, 3.05) is 37.5 Å². The van der Waals surface area contributed by atoms with Crippen molar-refractivity contribution < 1.29 is 13.2 Å². The van der Waals surface area contributed by atoms with Gasteiger partial charge in [0.25, 0.3) is 0 Å². The van der Waals surface area contributed by atoms with E-state index in [1.807, 2.05) is 24.3 Å². The first-order valence-electron chi connectivity index (χ1n) is 10.2. The zero-order valence-corrected chi connectivity index (χ0v) is 18.6. The van der Waals surface area contributed by atoms with Crippen molar-refractivity contribution in [2.45, 2.75) is 11.9 Å². The van der Waals surface area contributed by atoms with E-state index in [1.165, 1.54) is 6.26 Å². The topological polar surface area (TPSA) is 114 Å². The van der Waals surface area contributed by atoms with Crippen LogP contribution in [0.4, 0.5) is 5.82 Å². The van der Waals surface area contributed by atoms with Gasteiger partial charge in [0, 0.05) is 48.9 Å². The first-order chi connectivity index (χ1) is 15.4. The van der Waals surface area contributed by atoms with Crippen LogP contribution in [0.25, 0.3) is 33.4 Å². The first-order valence-corrected chi connectivity index (χ1v) is 12.1. The molecule has 1 saturated heterocycles. The molecule has 1 fully saturated rings. The molecule has 5 heterocycles. The van der Waals surface area contributed by atoms with E-state index in [4.69, 9.17) is 9.72 Å². The van der Waals surface area contributed by atoms with Crippen LogP contribution in [0.15, 0.2) is 47.9 Å². The highest BCUT2D eigenvalue weighted by Gasteiger charge is 2.20. The fourth-order valence-electron chi connectivity index (χ4n) is 4.01. The van der Waals surface area contributed by atoms with E-state index in [0.717, 1.165) is 46.6 Å². The van der Waals surface area contributed by atoms with Crippen molar-refractivity contribution in [1.82, 2.24) is 25.1 Å². The second kappa shape index (κ2) is 7.95. The monoisotopic (exact) mass is 450 g/mol. The van der Waals surface area contributed by atoms with E-state index >= 15 is 0 Å². The van der Waals surface area contributed by atoms with E-state index in [2.05, 4.69) is 25.1 Å². The molecule has 1 aliphatic heterocycles. The summed E-state index contributed by atoms with van der Waals surface area (Å²) in [5.74, 6) is 0.814. The maximum Gasteiger partial charge on any atom is 0.193 e. The second-order valence-corrected chi connectivity index (χ2v) is 9.70. The van der Waals surface area contributed by atoms with Crippen LogP contribution in [0.5, 0.6) is 0 Å². The van der Waals surface area contributed by atoms with Crippen molar-refractivity contribution in [2.24, 2.45) is 0 Å². The van der Waals surface area contributed by atoms with Crippen LogP contribution in [0, 0.1) is 6.92 Å². The summed E-state index contributed by atoms with van der Waals surface area (Å²) in [6, 6.07) is 7.66. The number of rotatable bonds is 4. The zero-order chi connectivity index (χ0) is 22.3. The Morgan fingerprint density at radius 2 is 1.91 bits per heavy atom. The fraction of sp³-hybridized carbons (Fsp3) is 0.273. The van der Waals surface area contributed by atoms with Gasteiger partial charge in [0.2, 0.25) is 0 Å². The number of pyridine rings is 3. The van der Waals surface area contributed by atoms with E-state index < -0.39 is 9.84 Å². The Morgan fingerprint density at radius 1 is 1.09 bits per heavy atom. The molecule has 0 amide bonds. The number of nitrogens with zero attached hydrogens (tertiary/aromatic N) is 5. The number of hydrogen-bond donors (Lipinski definition) is 1. The van der Waals surface area contributed by atoms with Gasteiger partial charge in [0.05, 0.1) is 18.9 Å². The molecule has 10 heteroatoms. The minimum Gasteiger partial charge on any atom is -0.378 e. The van der Waals surface area contributed by atoms with Crippen LogP contribution < -0.4 is 4.90 Å². The smallest absolute Gasteiger partial charge is 0.193 e. The number of morpholine rings is 1. The zero-order valence-electron chi connectivity index (χ0n) is 17.7. The number of aromatic amines is 1. The number of aromatic nitrogens is 5. The molecule has 1 aliphatic rings. The molecule has 0 bridgehead atoms. The van der Waals surface area contributed by atoms with Crippen LogP contribution >= 0.6 is 0 Å². The number of fused-ring (bicyclic) bond motifs is 1. The van der Waals surface area contributed by atoms with Gasteiger partial charge in [0.15, 0.2) is 14.9 Å². The minimum atomic E-state index is -3.40. The number of H-pyrrole nitrogens is 1. The predicted octanol–water partition coefficient (Wildman–Crippen LogP) is 2.63. The minimum absolute atomic E-state index is 0.0906. The van der Waals surface area contributed by atoms with Crippen LogP contribution in [0.3, 0.4) is 0 Å². The summed E-state index contributed by atoms with van der Waals surface area (Å²) in [5.41, 5.74) is 4.55. The molecule has 4 aromatic heterocycles. The highest BCUT2D eigenvalue weighted by atomic mass is 32.2. The summed E-state index contributed by atoms with van der Waals surface area (Å²) in [6.07, 6.45) is 6.20. The normalized spacial score (nSPS) is 14.8. The third kappa shape index (κ3) is 3.71. The molecule has 0 aliphatic carbocycles. The lowest BCUT2D eigenvalue weighted by Crippen LogP contribution is -2.36. The third-order valence-corrected chi connectivity index (χ3v) is 6.63. The molecule has 0 aromatic carbocycles. The Hall–Kier alpha value is -3.37. The molecule has 0 atom stereocenters. The number of aryl methyl sites for hydroxylation is 1. The number of sulfone groups is 1. The van der Waals surface area contributed by atoms with Crippen LogP contribution in [0.2, 0.25) is 0 Å². The van der Waals surface area contributed by atoms with Gasteiger partial charge < -0.3 is 9.64 Å². The molecular weight excluding hydrogens is 428 g/mol. The average Bonchev–Trinajstić information content (AvgIpc) is 3.32. The number of nitrogens with one attached hydrogen (secondary N) is 1. The van der Waals surface area contributed by atoms with E-state index in [-0.39, 0.29) is 5.03 Å². The van der Waals surface area contributed by atoms with Gasteiger partial charge in [-0.2, -0.15) is 5.10 Å². The van der Waals surface area contributed by atoms with Crippen LogP contribution in [0.1, 0.15) is 5.56 Å². The SMILES string of the molecule is Cc1cc(-c2cc(N3CCOCC3)nc3c(-c4ccn[nH]4)nccc23)cnc1S(C)(=O)=O. The Kier molecular flexibility index (Phi) is 5.10. The molecule has 1 N–H and O–H groups in total. The molecule has 0 saturated carbocycles. The molecule has 0 spiro atoms. The summed E-state index contributed by atoms with van der Waals surface area (Å²) in [5, 5.41) is 8.02. The van der Waals surface area contributed by atoms with Crippen LogP contribution in [-0.2, 0) is 14.6 Å². The Bertz CT molecular complexity index is 1400. The maximum absolute atomic E-state index is 12.0. The lowest BCUT2D eigenvalue weighted by molar-refractivity contribution is 0.122. The van der Waals surface area contributed by atoms with E-state index in [9.17, 15) is 8.42 Å². The van der Waals surface area contributed by atoms with Gasteiger partial charge in [-0.1, -0.05) is 0 Å². The van der Waals surface area contributed by atoms with Crippen molar-refractivity contribution in [3.63, 3.8) is 0 Å². The molecule has 164 valence electrons. The average molecular weight is 451 g/mol. The summed E-state index contributed by atoms with van der Waals surface area (Å²) in [6.45, 7) is 4.51. The highest BCUT2D eigenvalue weighted by molar-refractivity contribution is 7.90. The number of ether oxygens (including phenoxy) is 1. The molecule has 0 radical (unpaired) electrons. The molecular formula is C22H22N6O3S. The van der Waals surface area contributed by atoms with Crippen molar-refractivity contribution >= 4 is 26.6 Å². The second-order valence-electron chi connectivity index (χ2n) is 7.77. The first kappa shape index (κ1) is 20.5. The Balaban J connectivity index is 1.76. The Morgan fingerprint density at radius 3 is 2.59 bits per heavy atom. The van der Waals surface area contributed by atoms with Crippen molar-refractivity contribution in [1.29, 1.82) is 0 Å². The van der Waals surface area contributed by atoms with E-state index in [0.29, 0.717) is 24.5 Å². The maximum atomic E-state index is 12.0. The summed E-state index contributed by atoms with van der Waals surface area (Å²) >= 11 is 0. The summed E-state index contributed by atoms with van der Waals surface area (Å²) < 4.78 is 29.6. The molecule has 9 nitrogen and oxygen atoms in total. The molecule has 0 unspecified atom stereocenters. The predicted molar refractivity (Wildman–Crippen MR) is 121 cm³/mol. The number of anilines is 1. The van der Waals surface area contributed by atoms with E-state index in [1.54, 1.807) is 25.5 Å². The van der Waals surface area contributed by atoms with Crippen molar-refractivity contribution in [3.8, 4) is 22.5 Å². The molecule has 32 heavy (non-hydrogen) atoms. The van der Waals surface area contributed by atoms with Gasteiger partial charge in [0.1, 0.15) is 17.0 Å². The Labute approximate surface area is 185 Å². The third-order valence-electron chi connectivity index (χ3n) is 5.50. The van der Waals surface area contributed by atoms with Gasteiger partial charge in [-0.25, -0.2) is 18.4 Å². The lowest BCUT2D eigenvalue weighted by atomic mass is 10.0. The van der Waals surface area contributed by atoms with Gasteiger partial charge >= 0.3 is 0 Å². The van der Waals surface area contributed by atoms with Gasteiger partial charge in [-0.15, -0.1) is 0 Å². The largest absolute Gasteiger partial charge is 0.378 e. The standard InChI is InChI=1S/C22H22N6O3S/c1-14-11-15(13-24-22(14)32(2,29)30)17-12-19(28-7-9-31-10-8-28)26-20-16(17)3-5-23-21(20)18-4-6-25-27-18/h3-6,11-13H,7-10H2,1-2H3,(H,25,27). The molecule has 4 aromatic rings.